The molecule has 1 fully saturated rings. The van der Waals surface area contributed by atoms with Crippen LogP contribution in [-0.4, -0.2) is 25.7 Å². The number of ether oxygens (including phenoxy) is 2. The van der Waals surface area contributed by atoms with Crippen molar-refractivity contribution in [2.75, 3.05) is 25.1 Å². The summed E-state index contributed by atoms with van der Waals surface area (Å²) in [6.07, 6.45) is 2.05. The predicted octanol–water partition coefficient (Wildman–Crippen LogP) is 5.47. The molecule has 1 heterocycles. The van der Waals surface area contributed by atoms with Gasteiger partial charge in [-0.1, -0.05) is 48.3 Å². The number of carbonyl (C=O) groups excluding carboxylic acids is 1. The lowest BCUT2D eigenvalue weighted by Crippen LogP contribution is -2.45. The van der Waals surface area contributed by atoms with E-state index in [4.69, 9.17) is 32.7 Å². The normalized spacial score (nSPS) is 16.0. The summed E-state index contributed by atoms with van der Waals surface area (Å²) in [4.78, 5) is 13.3. The van der Waals surface area contributed by atoms with Gasteiger partial charge in [-0.25, -0.2) is 0 Å². The topological polar surface area (TPSA) is 47.6 Å². The summed E-state index contributed by atoms with van der Waals surface area (Å²) < 4.78 is 11.1. The molecule has 1 aliphatic rings. The molecule has 2 aromatic carbocycles. The van der Waals surface area contributed by atoms with E-state index in [0.29, 0.717) is 54.1 Å². The Morgan fingerprint density at radius 3 is 2.56 bits per heavy atom. The van der Waals surface area contributed by atoms with Gasteiger partial charge in [0.25, 0.3) is 0 Å². The number of halogens is 2. The highest BCUT2D eigenvalue weighted by Gasteiger charge is 2.43. The van der Waals surface area contributed by atoms with Crippen molar-refractivity contribution in [3.63, 3.8) is 0 Å². The maximum absolute atomic E-state index is 13.3. The zero-order valence-corrected chi connectivity index (χ0v) is 16.8. The van der Waals surface area contributed by atoms with Crippen molar-refractivity contribution in [3.05, 3.63) is 58.1 Å². The minimum Gasteiger partial charge on any atom is -0.492 e. The van der Waals surface area contributed by atoms with Crippen LogP contribution in [0, 0.1) is 0 Å². The summed E-state index contributed by atoms with van der Waals surface area (Å²) in [6.45, 7) is 3.66. The molecule has 0 spiro atoms. The Morgan fingerprint density at radius 1 is 1.15 bits per heavy atom. The lowest BCUT2D eigenvalue weighted by atomic mass is 9.73. The number of rotatable bonds is 6. The van der Waals surface area contributed by atoms with Crippen LogP contribution in [0.3, 0.4) is 0 Å². The third kappa shape index (κ3) is 4.40. The Hall–Kier alpha value is -1.75. The van der Waals surface area contributed by atoms with Crippen LogP contribution in [0.1, 0.15) is 31.7 Å². The number of hydrogen-bond acceptors (Lipinski definition) is 3. The highest BCUT2D eigenvalue weighted by Crippen LogP contribution is 2.40. The fourth-order valence-electron chi connectivity index (χ4n) is 3.35. The number of carbonyl (C=O) groups is 1. The summed E-state index contributed by atoms with van der Waals surface area (Å²) >= 11 is 12.7. The second-order valence-corrected chi connectivity index (χ2v) is 7.44. The minimum absolute atomic E-state index is 0.0998. The van der Waals surface area contributed by atoms with Crippen LogP contribution < -0.4 is 10.1 Å². The first kappa shape index (κ1) is 20.0. The van der Waals surface area contributed by atoms with Gasteiger partial charge in [-0.05, 0) is 49.1 Å². The lowest BCUT2D eigenvalue weighted by molar-refractivity contribution is -0.125. The summed E-state index contributed by atoms with van der Waals surface area (Å²) in [5.74, 6) is 0.514. The van der Waals surface area contributed by atoms with Crippen molar-refractivity contribution < 1.29 is 14.3 Å². The van der Waals surface area contributed by atoms with Crippen LogP contribution in [0.2, 0.25) is 10.0 Å². The van der Waals surface area contributed by atoms with Gasteiger partial charge in [-0.15, -0.1) is 0 Å². The number of hydrogen-bond donors (Lipinski definition) is 1. The molecule has 0 bridgehead atoms. The van der Waals surface area contributed by atoms with E-state index in [0.717, 1.165) is 12.0 Å². The van der Waals surface area contributed by atoms with E-state index < -0.39 is 5.41 Å². The molecule has 1 aliphatic heterocycles. The fraction of sp³-hybridized carbons (Fsp3) is 0.381. The van der Waals surface area contributed by atoms with E-state index >= 15 is 0 Å². The molecule has 2 aromatic rings. The Bertz CT molecular complexity index is 804. The second-order valence-electron chi connectivity index (χ2n) is 6.62. The Kier molecular flexibility index (Phi) is 6.64. The maximum Gasteiger partial charge on any atom is 0.235 e. The van der Waals surface area contributed by atoms with Crippen molar-refractivity contribution >= 4 is 34.8 Å². The van der Waals surface area contributed by atoms with Crippen molar-refractivity contribution in [1.29, 1.82) is 0 Å². The van der Waals surface area contributed by atoms with E-state index in [2.05, 4.69) is 5.32 Å². The third-order valence-corrected chi connectivity index (χ3v) is 5.45. The highest BCUT2D eigenvalue weighted by atomic mass is 35.5. The van der Waals surface area contributed by atoms with Gasteiger partial charge in [0.05, 0.1) is 17.0 Å². The van der Waals surface area contributed by atoms with E-state index in [9.17, 15) is 4.79 Å². The van der Waals surface area contributed by atoms with Gasteiger partial charge in [0.1, 0.15) is 5.75 Å². The van der Waals surface area contributed by atoms with Crippen molar-refractivity contribution in [3.8, 4) is 5.75 Å². The lowest BCUT2D eigenvalue weighted by Gasteiger charge is -2.36. The Balaban J connectivity index is 1.86. The van der Waals surface area contributed by atoms with Crippen LogP contribution >= 0.6 is 23.2 Å². The Morgan fingerprint density at radius 2 is 1.89 bits per heavy atom. The van der Waals surface area contributed by atoms with Gasteiger partial charge in [0.15, 0.2) is 0 Å². The second kappa shape index (κ2) is 8.96. The molecule has 0 aromatic heterocycles. The van der Waals surface area contributed by atoms with Crippen LogP contribution in [0.4, 0.5) is 5.69 Å². The SMILES string of the molecule is CCCOc1ccc(NC(=O)C2(c3ccccc3Cl)CCOCC2)cc1Cl. The molecule has 1 amide bonds. The minimum atomic E-state index is -0.722. The number of anilines is 1. The molecule has 1 saturated heterocycles. The molecule has 0 aliphatic carbocycles. The van der Waals surface area contributed by atoms with Crippen LogP contribution in [0.15, 0.2) is 42.5 Å². The van der Waals surface area contributed by atoms with Crippen LogP contribution in [0.5, 0.6) is 5.75 Å². The zero-order chi connectivity index (χ0) is 19.3. The maximum atomic E-state index is 13.3. The smallest absolute Gasteiger partial charge is 0.235 e. The Labute approximate surface area is 169 Å². The zero-order valence-electron chi connectivity index (χ0n) is 15.3. The standard InChI is InChI=1S/C21H23Cl2NO3/c1-2-11-27-19-8-7-15(14-18(19)23)24-20(25)21(9-12-26-13-10-21)16-5-3-4-6-17(16)22/h3-8,14H,2,9-13H2,1H3,(H,24,25). The molecule has 0 saturated carbocycles. The monoisotopic (exact) mass is 407 g/mol. The summed E-state index contributed by atoms with van der Waals surface area (Å²) in [7, 11) is 0. The number of nitrogens with one attached hydrogen (secondary N) is 1. The average Bonchev–Trinajstić information content (AvgIpc) is 2.68. The first-order valence-electron chi connectivity index (χ1n) is 9.13. The van der Waals surface area contributed by atoms with Crippen LogP contribution in [0.25, 0.3) is 0 Å². The molecular weight excluding hydrogens is 385 g/mol. The number of amides is 1. The van der Waals surface area contributed by atoms with E-state index in [1.807, 2.05) is 31.2 Å². The number of benzene rings is 2. The summed E-state index contributed by atoms with van der Waals surface area (Å²) in [5.41, 5.74) is 0.744. The molecule has 1 N–H and O–H groups in total. The molecule has 4 nitrogen and oxygen atoms in total. The van der Waals surface area contributed by atoms with Gasteiger partial charge in [-0.3, -0.25) is 4.79 Å². The van der Waals surface area contributed by atoms with Gasteiger partial charge in [0, 0.05) is 23.9 Å². The predicted molar refractivity (Wildman–Crippen MR) is 109 cm³/mol. The average molecular weight is 408 g/mol. The first-order valence-corrected chi connectivity index (χ1v) is 9.89. The van der Waals surface area contributed by atoms with Gasteiger partial charge in [0.2, 0.25) is 5.91 Å². The summed E-state index contributed by atoms with van der Waals surface area (Å²) in [5, 5.41) is 4.07. The van der Waals surface area contributed by atoms with Crippen molar-refractivity contribution in [2.24, 2.45) is 0 Å². The van der Waals surface area contributed by atoms with Gasteiger partial charge >= 0.3 is 0 Å². The van der Waals surface area contributed by atoms with Crippen molar-refractivity contribution in [2.45, 2.75) is 31.6 Å². The van der Waals surface area contributed by atoms with E-state index in [1.165, 1.54) is 0 Å². The van der Waals surface area contributed by atoms with Crippen molar-refractivity contribution in [1.82, 2.24) is 0 Å². The van der Waals surface area contributed by atoms with E-state index in [1.54, 1.807) is 18.2 Å². The van der Waals surface area contributed by atoms with Gasteiger partial charge in [-0.2, -0.15) is 0 Å². The molecule has 0 radical (unpaired) electrons. The molecular formula is C21H23Cl2NO3. The molecule has 144 valence electrons. The van der Waals surface area contributed by atoms with Gasteiger partial charge < -0.3 is 14.8 Å². The summed E-state index contributed by atoms with van der Waals surface area (Å²) in [6, 6.07) is 12.8. The highest BCUT2D eigenvalue weighted by molar-refractivity contribution is 6.32. The third-order valence-electron chi connectivity index (χ3n) is 4.82. The molecule has 0 unspecified atom stereocenters. The molecule has 0 atom stereocenters. The first-order chi connectivity index (χ1) is 13.1. The largest absolute Gasteiger partial charge is 0.492 e. The fourth-order valence-corrected chi connectivity index (χ4v) is 3.90. The van der Waals surface area contributed by atoms with Crippen LogP contribution in [-0.2, 0) is 14.9 Å². The molecule has 27 heavy (non-hydrogen) atoms. The molecule has 6 heteroatoms. The quantitative estimate of drug-likeness (QED) is 0.690. The molecule has 3 rings (SSSR count). The van der Waals surface area contributed by atoms with E-state index in [-0.39, 0.29) is 5.91 Å².